The van der Waals surface area contributed by atoms with E-state index in [1.54, 1.807) is 6.92 Å². The minimum atomic E-state index is -4.15. The summed E-state index contributed by atoms with van der Waals surface area (Å²) in [6, 6.07) is 13.2. The van der Waals surface area contributed by atoms with Gasteiger partial charge in [0.25, 0.3) is 0 Å². The standard InChI is InChI=1S/C25H31N3O7S2/c1-3-20(24(30)31)28-23(29)19(17-18-9-5-4-6-10-18)26-25(28)13-15-27(16-14-25)37(34,35)22-12-8-7-11-21(22)36(2,32)33/h4-12,19-20,26H,3,13-17H2,1-2H3,(H,30,31). The Bertz CT molecular complexity index is 1390. The number of hydrogen-bond acceptors (Lipinski definition) is 7. The fourth-order valence-electron chi connectivity index (χ4n) is 5.33. The van der Waals surface area contributed by atoms with E-state index in [0.717, 1.165) is 11.8 Å². The van der Waals surface area contributed by atoms with Gasteiger partial charge in [-0.3, -0.25) is 10.1 Å². The smallest absolute Gasteiger partial charge is 0.326 e. The van der Waals surface area contributed by atoms with Gasteiger partial charge in [-0.2, -0.15) is 4.31 Å². The third kappa shape index (κ3) is 5.15. The van der Waals surface area contributed by atoms with Crippen LogP contribution in [0.15, 0.2) is 64.4 Å². The summed E-state index contributed by atoms with van der Waals surface area (Å²) in [5.41, 5.74) is -0.107. The first-order valence-electron chi connectivity index (χ1n) is 12.1. The van der Waals surface area contributed by atoms with Crippen molar-refractivity contribution in [3.63, 3.8) is 0 Å². The molecule has 2 N–H and O–H groups in total. The van der Waals surface area contributed by atoms with Crippen molar-refractivity contribution in [2.24, 2.45) is 0 Å². The fraction of sp³-hybridized carbons (Fsp3) is 0.440. The molecule has 2 atom stereocenters. The highest BCUT2D eigenvalue weighted by Gasteiger charge is 2.55. The van der Waals surface area contributed by atoms with E-state index in [0.29, 0.717) is 6.42 Å². The molecule has 0 aromatic heterocycles. The first-order chi connectivity index (χ1) is 17.4. The Kier molecular flexibility index (Phi) is 7.48. The minimum Gasteiger partial charge on any atom is -0.480 e. The molecule has 12 heteroatoms. The van der Waals surface area contributed by atoms with Crippen LogP contribution < -0.4 is 5.32 Å². The Morgan fingerprint density at radius 2 is 1.59 bits per heavy atom. The normalized spacial score (nSPS) is 21.3. The van der Waals surface area contributed by atoms with Crippen LogP contribution in [0.2, 0.25) is 0 Å². The van der Waals surface area contributed by atoms with Crippen LogP contribution in [0.4, 0.5) is 0 Å². The molecule has 1 spiro atoms. The van der Waals surface area contributed by atoms with Gasteiger partial charge in [0.15, 0.2) is 9.84 Å². The largest absolute Gasteiger partial charge is 0.480 e. The van der Waals surface area contributed by atoms with Crippen LogP contribution in [-0.2, 0) is 35.9 Å². The lowest BCUT2D eigenvalue weighted by atomic mass is 9.95. The highest BCUT2D eigenvalue weighted by Crippen LogP contribution is 2.37. The summed E-state index contributed by atoms with van der Waals surface area (Å²) in [6.07, 6.45) is 1.86. The predicted octanol–water partition coefficient (Wildman–Crippen LogP) is 1.48. The molecule has 37 heavy (non-hydrogen) atoms. The summed E-state index contributed by atoms with van der Waals surface area (Å²) in [5, 5.41) is 13.3. The van der Waals surface area contributed by atoms with E-state index in [2.05, 4.69) is 5.32 Å². The second-order valence-electron chi connectivity index (χ2n) is 9.51. The van der Waals surface area contributed by atoms with Crippen molar-refractivity contribution in [2.45, 2.75) is 60.1 Å². The zero-order valence-corrected chi connectivity index (χ0v) is 22.3. The van der Waals surface area contributed by atoms with Gasteiger partial charge in [-0.1, -0.05) is 49.4 Å². The third-order valence-corrected chi connectivity index (χ3v) is 10.4. The van der Waals surface area contributed by atoms with Gasteiger partial charge in [-0.25, -0.2) is 21.6 Å². The number of carboxylic acid groups (broad SMARTS) is 1. The van der Waals surface area contributed by atoms with E-state index in [1.807, 2.05) is 30.3 Å². The summed E-state index contributed by atoms with van der Waals surface area (Å²) >= 11 is 0. The number of carboxylic acids is 1. The van der Waals surface area contributed by atoms with Gasteiger partial charge in [0.1, 0.15) is 10.9 Å². The molecule has 2 fully saturated rings. The van der Waals surface area contributed by atoms with Crippen LogP contribution in [0, 0.1) is 0 Å². The maximum atomic E-state index is 13.5. The average Bonchev–Trinajstić information content (AvgIpc) is 3.10. The molecule has 2 unspecified atom stereocenters. The molecule has 2 aliphatic rings. The number of hydrogen-bond donors (Lipinski definition) is 2. The van der Waals surface area contributed by atoms with Crippen LogP contribution in [0.25, 0.3) is 0 Å². The Morgan fingerprint density at radius 1 is 1.03 bits per heavy atom. The summed E-state index contributed by atoms with van der Waals surface area (Å²) in [6.45, 7) is 1.68. The van der Waals surface area contributed by atoms with Crippen LogP contribution in [0.1, 0.15) is 31.7 Å². The zero-order valence-electron chi connectivity index (χ0n) is 20.7. The van der Waals surface area contributed by atoms with Gasteiger partial charge >= 0.3 is 5.97 Å². The average molecular weight is 550 g/mol. The maximum absolute atomic E-state index is 13.5. The molecule has 10 nitrogen and oxygen atoms in total. The molecule has 2 heterocycles. The minimum absolute atomic E-state index is 0.00861. The van der Waals surface area contributed by atoms with Gasteiger partial charge in [0.2, 0.25) is 15.9 Å². The lowest BCUT2D eigenvalue weighted by Gasteiger charge is -2.46. The number of carbonyl (C=O) groups is 2. The number of nitrogens with zero attached hydrogens (tertiary/aromatic N) is 2. The van der Waals surface area contributed by atoms with Crippen molar-refractivity contribution in [2.75, 3.05) is 19.3 Å². The van der Waals surface area contributed by atoms with Crippen LogP contribution in [0.3, 0.4) is 0 Å². The number of carbonyl (C=O) groups excluding carboxylic acids is 1. The third-order valence-electron chi connectivity index (χ3n) is 7.12. The van der Waals surface area contributed by atoms with Crippen LogP contribution >= 0.6 is 0 Å². The molecular formula is C25H31N3O7S2. The molecule has 200 valence electrons. The van der Waals surface area contributed by atoms with Crippen molar-refractivity contribution in [1.82, 2.24) is 14.5 Å². The lowest BCUT2D eigenvalue weighted by Crippen LogP contribution is -2.63. The summed E-state index contributed by atoms with van der Waals surface area (Å²) < 4.78 is 52.6. The highest BCUT2D eigenvalue weighted by molar-refractivity contribution is 7.93. The van der Waals surface area contributed by atoms with Crippen molar-refractivity contribution in [3.8, 4) is 0 Å². The molecule has 2 aromatic carbocycles. The fourth-order valence-corrected chi connectivity index (χ4v) is 8.38. The molecule has 2 saturated heterocycles. The Hall–Kier alpha value is -2.80. The number of amides is 1. The van der Waals surface area contributed by atoms with Crippen LogP contribution in [0.5, 0.6) is 0 Å². The maximum Gasteiger partial charge on any atom is 0.326 e. The van der Waals surface area contributed by atoms with Gasteiger partial charge in [0, 0.05) is 19.3 Å². The van der Waals surface area contributed by atoms with Gasteiger partial charge in [-0.15, -0.1) is 0 Å². The number of benzene rings is 2. The number of aliphatic carboxylic acids is 1. The zero-order chi connectivity index (χ0) is 27.0. The molecule has 2 aromatic rings. The number of sulfone groups is 1. The first-order valence-corrected chi connectivity index (χ1v) is 15.4. The first kappa shape index (κ1) is 27.2. The van der Waals surface area contributed by atoms with E-state index < -0.39 is 43.6 Å². The van der Waals surface area contributed by atoms with Crippen molar-refractivity contribution < 1.29 is 31.5 Å². The van der Waals surface area contributed by atoms with Crippen LogP contribution in [-0.4, -0.2) is 80.1 Å². The Labute approximate surface area is 217 Å². The second-order valence-corrected chi connectivity index (χ2v) is 13.4. The second kappa shape index (κ2) is 10.2. The molecular weight excluding hydrogens is 518 g/mol. The quantitative estimate of drug-likeness (QED) is 0.504. The monoisotopic (exact) mass is 549 g/mol. The predicted molar refractivity (Wildman–Crippen MR) is 136 cm³/mol. The van der Waals surface area contributed by atoms with E-state index in [4.69, 9.17) is 0 Å². The van der Waals surface area contributed by atoms with Gasteiger partial charge in [-0.05, 0) is 43.4 Å². The van der Waals surface area contributed by atoms with E-state index in [1.165, 1.54) is 33.5 Å². The topological polar surface area (TPSA) is 141 Å². The van der Waals surface area contributed by atoms with Gasteiger partial charge in [0.05, 0.1) is 16.6 Å². The number of nitrogens with one attached hydrogen (secondary N) is 1. The van der Waals surface area contributed by atoms with E-state index >= 15 is 0 Å². The van der Waals surface area contributed by atoms with Gasteiger partial charge < -0.3 is 10.0 Å². The van der Waals surface area contributed by atoms with Crippen molar-refractivity contribution in [3.05, 3.63) is 60.2 Å². The molecule has 0 radical (unpaired) electrons. The highest BCUT2D eigenvalue weighted by atomic mass is 32.2. The lowest BCUT2D eigenvalue weighted by molar-refractivity contribution is -0.154. The van der Waals surface area contributed by atoms with Crippen molar-refractivity contribution >= 4 is 31.7 Å². The van der Waals surface area contributed by atoms with Crippen molar-refractivity contribution in [1.29, 1.82) is 0 Å². The molecule has 0 bridgehead atoms. The summed E-state index contributed by atoms with van der Waals surface area (Å²) in [5.74, 6) is -1.44. The number of rotatable bonds is 8. The summed E-state index contributed by atoms with van der Waals surface area (Å²) in [7, 11) is -7.94. The molecule has 4 rings (SSSR count). The Balaban J connectivity index is 1.63. The number of sulfonamides is 1. The summed E-state index contributed by atoms with van der Waals surface area (Å²) in [4.78, 5) is 26.5. The van der Waals surface area contributed by atoms with E-state index in [-0.39, 0.29) is 48.1 Å². The molecule has 0 aliphatic carbocycles. The van der Waals surface area contributed by atoms with E-state index in [9.17, 15) is 31.5 Å². The molecule has 2 aliphatic heterocycles. The molecule has 1 amide bonds. The SMILES string of the molecule is CCC(C(=O)O)N1C(=O)C(Cc2ccccc2)NC12CCN(S(=O)(=O)c1ccccc1S(C)(=O)=O)CC2. The number of piperidine rings is 1. The Morgan fingerprint density at radius 3 is 2.14 bits per heavy atom. The molecule has 0 saturated carbocycles.